The van der Waals surface area contributed by atoms with Crippen LogP contribution in [0.2, 0.25) is 0 Å². The summed E-state index contributed by atoms with van der Waals surface area (Å²) in [7, 11) is 0. The van der Waals surface area contributed by atoms with Gasteiger partial charge in [-0.25, -0.2) is 0 Å². The lowest BCUT2D eigenvalue weighted by molar-refractivity contribution is -0.122. The van der Waals surface area contributed by atoms with E-state index in [1.165, 1.54) is 0 Å². The van der Waals surface area contributed by atoms with E-state index in [1.54, 1.807) is 0 Å². The number of hydrogen-bond donors (Lipinski definition) is 1. The van der Waals surface area contributed by atoms with E-state index < -0.39 is 6.10 Å². The molecule has 0 saturated heterocycles. The van der Waals surface area contributed by atoms with Gasteiger partial charge in [0.15, 0.2) is 6.10 Å². The molecule has 1 unspecified atom stereocenters. The Hall–Kier alpha value is -3.47. The highest BCUT2D eigenvalue weighted by molar-refractivity contribution is 5.95. The van der Waals surface area contributed by atoms with E-state index in [-0.39, 0.29) is 5.91 Å². The van der Waals surface area contributed by atoms with Crippen molar-refractivity contribution in [3.05, 3.63) is 84.4 Å². The van der Waals surface area contributed by atoms with Crippen LogP contribution in [0.1, 0.15) is 18.9 Å². The SMILES string of the molecule is CCC(Oc1cccc(C)c1)C(=O)Nc1ccccc1OCCOc1ccccc1. The summed E-state index contributed by atoms with van der Waals surface area (Å²) in [5, 5.41) is 2.93. The first-order valence-electron chi connectivity index (χ1n) is 10.1. The van der Waals surface area contributed by atoms with Crippen LogP contribution in [0, 0.1) is 6.92 Å². The number of anilines is 1. The molecule has 1 amide bonds. The second-order valence-corrected chi connectivity index (χ2v) is 6.83. The van der Waals surface area contributed by atoms with Crippen LogP contribution in [-0.4, -0.2) is 25.2 Å². The minimum absolute atomic E-state index is 0.212. The Bertz CT molecular complexity index is 943. The monoisotopic (exact) mass is 405 g/mol. The van der Waals surface area contributed by atoms with Crippen molar-refractivity contribution in [1.82, 2.24) is 0 Å². The molecule has 3 rings (SSSR count). The molecule has 0 aliphatic heterocycles. The fraction of sp³-hybridized carbons (Fsp3) is 0.240. The van der Waals surface area contributed by atoms with Crippen molar-refractivity contribution in [2.75, 3.05) is 18.5 Å². The van der Waals surface area contributed by atoms with Crippen LogP contribution in [0.15, 0.2) is 78.9 Å². The number of amides is 1. The van der Waals surface area contributed by atoms with Crippen molar-refractivity contribution in [2.45, 2.75) is 26.4 Å². The van der Waals surface area contributed by atoms with Crippen LogP contribution in [-0.2, 0) is 4.79 Å². The predicted molar refractivity (Wildman–Crippen MR) is 118 cm³/mol. The average molecular weight is 405 g/mol. The molecule has 0 saturated carbocycles. The first-order valence-corrected chi connectivity index (χ1v) is 10.1. The van der Waals surface area contributed by atoms with E-state index in [2.05, 4.69) is 5.32 Å². The van der Waals surface area contributed by atoms with E-state index in [0.29, 0.717) is 36.8 Å². The molecule has 0 heterocycles. The summed E-state index contributed by atoms with van der Waals surface area (Å²) in [5.41, 5.74) is 1.69. The molecule has 0 spiro atoms. The smallest absolute Gasteiger partial charge is 0.265 e. The molecular weight excluding hydrogens is 378 g/mol. The van der Waals surface area contributed by atoms with Gasteiger partial charge in [-0.1, -0.05) is 49.4 Å². The fourth-order valence-corrected chi connectivity index (χ4v) is 2.91. The lowest BCUT2D eigenvalue weighted by Gasteiger charge is -2.19. The average Bonchev–Trinajstić information content (AvgIpc) is 2.77. The largest absolute Gasteiger partial charge is 0.490 e. The number of para-hydroxylation sites is 3. The highest BCUT2D eigenvalue weighted by Gasteiger charge is 2.20. The Labute approximate surface area is 177 Å². The number of carbonyl (C=O) groups excluding carboxylic acids is 1. The lowest BCUT2D eigenvalue weighted by Crippen LogP contribution is -2.32. The minimum Gasteiger partial charge on any atom is -0.490 e. The van der Waals surface area contributed by atoms with E-state index in [1.807, 2.05) is 92.7 Å². The predicted octanol–water partition coefficient (Wildman–Crippen LogP) is 5.25. The zero-order valence-corrected chi connectivity index (χ0v) is 17.3. The van der Waals surface area contributed by atoms with E-state index in [9.17, 15) is 4.79 Å². The summed E-state index contributed by atoms with van der Waals surface area (Å²) in [5.74, 6) is 1.85. The van der Waals surface area contributed by atoms with Crippen LogP contribution >= 0.6 is 0 Å². The molecule has 1 atom stereocenters. The number of hydrogen-bond acceptors (Lipinski definition) is 4. The van der Waals surface area contributed by atoms with Gasteiger partial charge in [0.05, 0.1) is 5.69 Å². The van der Waals surface area contributed by atoms with Crippen molar-refractivity contribution >= 4 is 11.6 Å². The number of aryl methyl sites for hydroxylation is 1. The van der Waals surface area contributed by atoms with Crippen molar-refractivity contribution in [3.63, 3.8) is 0 Å². The van der Waals surface area contributed by atoms with Crippen molar-refractivity contribution in [3.8, 4) is 17.2 Å². The topological polar surface area (TPSA) is 56.8 Å². The number of carbonyl (C=O) groups is 1. The summed E-state index contributed by atoms with van der Waals surface area (Å²) in [6.45, 7) is 4.67. The number of rotatable bonds is 10. The Morgan fingerprint density at radius 2 is 1.57 bits per heavy atom. The zero-order chi connectivity index (χ0) is 21.2. The molecule has 5 nitrogen and oxygen atoms in total. The Kier molecular flexibility index (Phi) is 7.72. The molecule has 5 heteroatoms. The Balaban J connectivity index is 1.56. The van der Waals surface area contributed by atoms with Crippen LogP contribution in [0.25, 0.3) is 0 Å². The van der Waals surface area contributed by atoms with E-state index in [0.717, 1.165) is 11.3 Å². The molecule has 3 aromatic rings. The molecular formula is C25H27NO4. The standard InChI is InChI=1S/C25H27NO4/c1-3-23(30-21-13-9-10-19(2)18-21)25(27)26-22-14-7-8-15-24(22)29-17-16-28-20-11-5-4-6-12-20/h4-15,18,23H,3,16-17H2,1-2H3,(H,26,27). The van der Waals surface area contributed by atoms with E-state index >= 15 is 0 Å². The zero-order valence-electron chi connectivity index (χ0n) is 17.3. The van der Waals surface area contributed by atoms with Gasteiger partial charge in [-0.3, -0.25) is 4.79 Å². The summed E-state index contributed by atoms with van der Waals surface area (Å²) in [4.78, 5) is 12.8. The van der Waals surface area contributed by atoms with Gasteiger partial charge in [-0.05, 0) is 55.3 Å². The van der Waals surface area contributed by atoms with Crippen molar-refractivity contribution < 1.29 is 19.0 Å². The first kappa shape index (κ1) is 21.2. The number of nitrogens with one attached hydrogen (secondary N) is 1. The maximum Gasteiger partial charge on any atom is 0.265 e. The third-order valence-electron chi connectivity index (χ3n) is 4.43. The van der Waals surface area contributed by atoms with Gasteiger partial charge in [-0.15, -0.1) is 0 Å². The summed E-state index contributed by atoms with van der Waals surface area (Å²) in [6.07, 6.45) is -0.0467. The van der Waals surface area contributed by atoms with Crippen molar-refractivity contribution in [1.29, 1.82) is 0 Å². The molecule has 0 fully saturated rings. The highest BCUT2D eigenvalue weighted by atomic mass is 16.5. The highest BCUT2D eigenvalue weighted by Crippen LogP contribution is 2.25. The summed E-state index contributed by atoms with van der Waals surface area (Å²) >= 11 is 0. The van der Waals surface area contributed by atoms with Crippen LogP contribution in [0.5, 0.6) is 17.2 Å². The van der Waals surface area contributed by atoms with Gasteiger partial charge in [0, 0.05) is 0 Å². The molecule has 0 bridgehead atoms. The molecule has 0 aliphatic carbocycles. The maximum atomic E-state index is 12.8. The lowest BCUT2D eigenvalue weighted by atomic mass is 10.2. The van der Waals surface area contributed by atoms with Gasteiger partial charge in [0.1, 0.15) is 30.5 Å². The van der Waals surface area contributed by atoms with Gasteiger partial charge < -0.3 is 19.5 Å². The number of ether oxygens (including phenoxy) is 3. The minimum atomic E-state index is -0.596. The molecule has 0 radical (unpaired) electrons. The third-order valence-corrected chi connectivity index (χ3v) is 4.43. The van der Waals surface area contributed by atoms with Gasteiger partial charge >= 0.3 is 0 Å². The first-order chi connectivity index (χ1) is 14.7. The van der Waals surface area contributed by atoms with Crippen LogP contribution in [0.4, 0.5) is 5.69 Å². The third kappa shape index (κ3) is 6.27. The van der Waals surface area contributed by atoms with Gasteiger partial charge in [0.25, 0.3) is 5.91 Å². The Morgan fingerprint density at radius 3 is 2.33 bits per heavy atom. The second-order valence-electron chi connectivity index (χ2n) is 6.83. The van der Waals surface area contributed by atoms with Gasteiger partial charge in [0.2, 0.25) is 0 Å². The summed E-state index contributed by atoms with van der Waals surface area (Å²) in [6, 6.07) is 24.6. The molecule has 1 N–H and O–H groups in total. The quantitative estimate of drug-likeness (QED) is 0.468. The van der Waals surface area contributed by atoms with Crippen LogP contribution in [0.3, 0.4) is 0 Å². The number of benzene rings is 3. The molecule has 30 heavy (non-hydrogen) atoms. The molecule has 0 aliphatic rings. The van der Waals surface area contributed by atoms with Crippen LogP contribution < -0.4 is 19.5 Å². The van der Waals surface area contributed by atoms with Gasteiger partial charge in [-0.2, -0.15) is 0 Å². The fourth-order valence-electron chi connectivity index (χ4n) is 2.91. The van der Waals surface area contributed by atoms with Crippen molar-refractivity contribution in [2.24, 2.45) is 0 Å². The normalized spacial score (nSPS) is 11.4. The maximum absolute atomic E-state index is 12.8. The molecule has 0 aromatic heterocycles. The summed E-state index contributed by atoms with van der Waals surface area (Å²) < 4.78 is 17.4. The van der Waals surface area contributed by atoms with E-state index in [4.69, 9.17) is 14.2 Å². The molecule has 3 aromatic carbocycles. The molecule has 156 valence electrons. The second kappa shape index (κ2) is 10.9. The Morgan fingerprint density at radius 1 is 0.867 bits per heavy atom.